The van der Waals surface area contributed by atoms with E-state index in [9.17, 15) is 14.4 Å². The van der Waals surface area contributed by atoms with Gasteiger partial charge in [-0.3, -0.25) is 19.3 Å². The molecule has 0 bridgehead atoms. The zero-order valence-corrected chi connectivity index (χ0v) is 13.3. The molecule has 1 saturated heterocycles. The van der Waals surface area contributed by atoms with Crippen LogP contribution in [0.2, 0.25) is 5.02 Å². The molecule has 2 atom stereocenters. The first-order valence-electron chi connectivity index (χ1n) is 7.62. The van der Waals surface area contributed by atoms with Gasteiger partial charge in [0.25, 0.3) is 0 Å². The van der Waals surface area contributed by atoms with Gasteiger partial charge in [-0.2, -0.15) is 0 Å². The third-order valence-corrected chi connectivity index (χ3v) is 4.64. The molecule has 0 radical (unpaired) electrons. The normalized spacial score (nSPS) is 23.1. The molecule has 1 aliphatic heterocycles. The van der Waals surface area contributed by atoms with Crippen LogP contribution in [0.1, 0.15) is 19.3 Å². The molecule has 23 heavy (non-hydrogen) atoms. The van der Waals surface area contributed by atoms with Crippen LogP contribution in [0.3, 0.4) is 0 Å². The molecule has 3 rings (SSSR count). The molecule has 0 unspecified atom stereocenters. The maximum Gasteiger partial charge on any atom is 0.233 e. The van der Waals surface area contributed by atoms with Gasteiger partial charge in [0.05, 0.1) is 22.5 Å². The van der Waals surface area contributed by atoms with Gasteiger partial charge in [-0.25, -0.2) is 0 Å². The van der Waals surface area contributed by atoms with Crippen LogP contribution in [0.5, 0.6) is 0 Å². The lowest BCUT2D eigenvalue weighted by atomic mass is 9.85. The number of allylic oxidation sites excluding steroid dienone is 2. The number of nitrogens with zero attached hydrogens (tertiary/aromatic N) is 1. The van der Waals surface area contributed by atoms with Gasteiger partial charge in [-0.1, -0.05) is 35.9 Å². The summed E-state index contributed by atoms with van der Waals surface area (Å²) in [6, 6.07) is 6.93. The van der Waals surface area contributed by atoms with Crippen molar-refractivity contribution < 1.29 is 14.4 Å². The summed E-state index contributed by atoms with van der Waals surface area (Å²) in [6.07, 6.45) is 5.17. The Morgan fingerprint density at radius 1 is 1.13 bits per heavy atom. The number of para-hydroxylation sites is 1. The number of nitrogens with one attached hydrogen (secondary N) is 1. The third-order valence-electron chi connectivity index (χ3n) is 4.31. The maximum atomic E-state index is 12.3. The quantitative estimate of drug-likeness (QED) is 0.681. The first-order valence-corrected chi connectivity index (χ1v) is 8.00. The monoisotopic (exact) mass is 332 g/mol. The van der Waals surface area contributed by atoms with E-state index in [0.717, 1.165) is 0 Å². The summed E-state index contributed by atoms with van der Waals surface area (Å²) in [5.74, 6) is -1.09. The minimum atomic E-state index is -0.272. The largest absolute Gasteiger partial charge is 0.325 e. The lowest BCUT2D eigenvalue weighted by Crippen LogP contribution is -2.34. The Labute approximate surface area is 139 Å². The fourth-order valence-electron chi connectivity index (χ4n) is 3.08. The topological polar surface area (TPSA) is 66.5 Å². The molecule has 1 fully saturated rings. The van der Waals surface area contributed by atoms with Gasteiger partial charge in [0.15, 0.2) is 0 Å². The number of anilines is 1. The van der Waals surface area contributed by atoms with Crippen LogP contribution in [0.25, 0.3) is 0 Å². The van der Waals surface area contributed by atoms with Gasteiger partial charge in [-0.05, 0) is 25.0 Å². The molecule has 0 saturated carbocycles. The van der Waals surface area contributed by atoms with Crippen molar-refractivity contribution in [2.45, 2.75) is 19.3 Å². The molecule has 120 valence electrons. The van der Waals surface area contributed by atoms with Crippen LogP contribution in [-0.4, -0.2) is 29.2 Å². The van der Waals surface area contributed by atoms with Gasteiger partial charge in [0.2, 0.25) is 17.7 Å². The Kier molecular flexibility index (Phi) is 4.48. The van der Waals surface area contributed by atoms with Crippen LogP contribution in [0.4, 0.5) is 5.69 Å². The smallest absolute Gasteiger partial charge is 0.233 e. The molecule has 1 N–H and O–H groups in total. The molecule has 1 heterocycles. The lowest BCUT2D eigenvalue weighted by molar-refractivity contribution is -0.140. The number of fused-ring (bicyclic) bond motifs is 1. The summed E-state index contributed by atoms with van der Waals surface area (Å²) in [6.45, 7) is 0.112. The van der Waals surface area contributed by atoms with Gasteiger partial charge in [-0.15, -0.1) is 0 Å². The van der Waals surface area contributed by atoms with Gasteiger partial charge < -0.3 is 5.32 Å². The summed E-state index contributed by atoms with van der Waals surface area (Å²) in [5.41, 5.74) is 0.524. The first-order chi connectivity index (χ1) is 11.1. The second kappa shape index (κ2) is 6.54. The second-order valence-corrected chi connectivity index (χ2v) is 6.17. The molecule has 0 aromatic heterocycles. The molecular formula is C17H17ClN2O3. The number of amides is 3. The molecule has 3 amide bonds. The molecule has 2 aliphatic rings. The second-order valence-electron chi connectivity index (χ2n) is 5.76. The molecule has 1 aromatic carbocycles. The number of hydrogen-bond donors (Lipinski definition) is 1. The highest BCUT2D eigenvalue weighted by Crippen LogP contribution is 2.35. The predicted molar refractivity (Wildman–Crippen MR) is 86.8 cm³/mol. The summed E-state index contributed by atoms with van der Waals surface area (Å²) < 4.78 is 0. The number of rotatable bonds is 4. The van der Waals surface area contributed by atoms with Crippen LogP contribution in [0.15, 0.2) is 36.4 Å². The Morgan fingerprint density at radius 2 is 1.74 bits per heavy atom. The molecule has 1 aliphatic carbocycles. The van der Waals surface area contributed by atoms with Crippen LogP contribution >= 0.6 is 11.6 Å². The third kappa shape index (κ3) is 3.15. The number of carbonyl (C=O) groups excluding carboxylic acids is 3. The minimum Gasteiger partial charge on any atom is -0.325 e. The zero-order valence-electron chi connectivity index (χ0n) is 12.5. The van der Waals surface area contributed by atoms with Crippen molar-refractivity contribution in [1.82, 2.24) is 4.90 Å². The van der Waals surface area contributed by atoms with Gasteiger partial charge >= 0.3 is 0 Å². The predicted octanol–water partition coefficient (Wildman–Crippen LogP) is 2.62. The van der Waals surface area contributed by atoms with E-state index in [1.165, 1.54) is 4.90 Å². The average Bonchev–Trinajstić information content (AvgIpc) is 2.80. The fourth-order valence-corrected chi connectivity index (χ4v) is 3.26. The number of carbonyl (C=O) groups is 3. The zero-order chi connectivity index (χ0) is 16.4. The fraction of sp³-hybridized carbons (Fsp3) is 0.353. The average molecular weight is 333 g/mol. The number of likely N-dealkylation sites (tertiary alicyclic amines) is 1. The van der Waals surface area contributed by atoms with Crippen molar-refractivity contribution >= 4 is 35.0 Å². The highest BCUT2D eigenvalue weighted by atomic mass is 35.5. The first kappa shape index (κ1) is 15.7. The van der Waals surface area contributed by atoms with Crippen LogP contribution < -0.4 is 5.32 Å². The Balaban J connectivity index is 1.58. The Bertz CT molecular complexity index is 660. The van der Waals surface area contributed by atoms with Gasteiger partial charge in [0.1, 0.15) is 0 Å². The maximum absolute atomic E-state index is 12.3. The highest BCUT2D eigenvalue weighted by molar-refractivity contribution is 6.33. The number of benzene rings is 1. The molecule has 0 spiro atoms. The van der Waals surface area contributed by atoms with E-state index in [-0.39, 0.29) is 42.5 Å². The van der Waals surface area contributed by atoms with Crippen LogP contribution in [0, 0.1) is 11.8 Å². The van der Waals surface area contributed by atoms with Crippen molar-refractivity contribution in [2.75, 3.05) is 11.9 Å². The van der Waals surface area contributed by atoms with E-state index >= 15 is 0 Å². The molecule has 5 nitrogen and oxygen atoms in total. The summed E-state index contributed by atoms with van der Waals surface area (Å²) in [7, 11) is 0. The molecule has 1 aromatic rings. The van der Waals surface area contributed by atoms with E-state index in [2.05, 4.69) is 5.32 Å². The van der Waals surface area contributed by atoms with Crippen molar-refractivity contribution in [3.8, 4) is 0 Å². The number of hydrogen-bond acceptors (Lipinski definition) is 3. The van der Waals surface area contributed by atoms with Crippen molar-refractivity contribution in [1.29, 1.82) is 0 Å². The highest BCUT2D eigenvalue weighted by Gasteiger charge is 2.46. The summed E-state index contributed by atoms with van der Waals surface area (Å²) in [4.78, 5) is 37.8. The number of halogens is 1. The van der Waals surface area contributed by atoms with Crippen molar-refractivity contribution in [3.05, 3.63) is 41.4 Å². The molecule has 6 heteroatoms. The standard InChI is InChI=1S/C17H17ClN2O3/c18-13-7-3-4-8-14(13)19-15(21)9-10-20-16(22)11-5-1-2-6-12(11)17(20)23/h1-4,7-8,11-12H,5-6,9-10H2,(H,19,21)/t11-,12-/m1/s1. The van der Waals surface area contributed by atoms with Crippen molar-refractivity contribution in [3.63, 3.8) is 0 Å². The van der Waals surface area contributed by atoms with E-state index in [0.29, 0.717) is 23.6 Å². The van der Waals surface area contributed by atoms with E-state index < -0.39 is 0 Å². The summed E-state index contributed by atoms with van der Waals surface area (Å²) in [5, 5.41) is 3.14. The SMILES string of the molecule is O=C(CCN1C(=O)[C@@H]2CC=CC[C@H]2C1=O)Nc1ccccc1Cl. The number of imide groups is 1. The van der Waals surface area contributed by atoms with E-state index in [1.54, 1.807) is 24.3 Å². The van der Waals surface area contributed by atoms with E-state index in [4.69, 9.17) is 11.6 Å². The Hall–Kier alpha value is -2.14. The lowest BCUT2D eigenvalue weighted by Gasteiger charge is -2.14. The van der Waals surface area contributed by atoms with Crippen LogP contribution in [-0.2, 0) is 14.4 Å². The Morgan fingerprint density at radius 3 is 2.35 bits per heavy atom. The van der Waals surface area contributed by atoms with Crippen molar-refractivity contribution in [2.24, 2.45) is 11.8 Å². The molecular weight excluding hydrogens is 316 g/mol. The van der Waals surface area contributed by atoms with Gasteiger partial charge in [0, 0.05) is 13.0 Å². The minimum absolute atomic E-state index is 0.0651. The summed E-state index contributed by atoms with van der Waals surface area (Å²) >= 11 is 5.98. The van der Waals surface area contributed by atoms with E-state index in [1.807, 2.05) is 12.2 Å².